The van der Waals surface area contributed by atoms with E-state index in [9.17, 15) is 18.0 Å². The Morgan fingerprint density at radius 1 is 1.19 bits per heavy atom. The SMILES string of the molecule is Cc1nc(N[C@H](C)c2cccc(C(F)(F)F)c2C)c2cn(C3(CCN)CCCCC3)c(=O)c(Br)c2n1. The van der Waals surface area contributed by atoms with Crippen LogP contribution in [0.2, 0.25) is 0 Å². The van der Waals surface area contributed by atoms with E-state index in [0.29, 0.717) is 45.5 Å². The van der Waals surface area contributed by atoms with Crippen molar-refractivity contribution in [2.45, 2.75) is 77.1 Å². The molecule has 0 unspecified atom stereocenters. The van der Waals surface area contributed by atoms with Gasteiger partial charge in [0.2, 0.25) is 0 Å². The molecular formula is C26H31BrF3N5O. The van der Waals surface area contributed by atoms with Gasteiger partial charge in [0.25, 0.3) is 5.56 Å². The van der Waals surface area contributed by atoms with E-state index in [-0.39, 0.29) is 16.7 Å². The van der Waals surface area contributed by atoms with Crippen molar-refractivity contribution >= 4 is 32.7 Å². The van der Waals surface area contributed by atoms with Gasteiger partial charge in [-0.25, -0.2) is 9.97 Å². The van der Waals surface area contributed by atoms with E-state index in [1.807, 2.05) is 0 Å². The number of fused-ring (bicyclic) bond motifs is 1. The molecule has 1 atom stereocenters. The minimum atomic E-state index is -4.43. The molecule has 10 heteroatoms. The lowest BCUT2D eigenvalue weighted by molar-refractivity contribution is -0.138. The van der Waals surface area contributed by atoms with Crippen molar-refractivity contribution in [3.63, 3.8) is 0 Å². The van der Waals surface area contributed by atoms with Crippen LogP contribution in [0.1, 0.15) is 74.0 Å². The zero-order valence-corrected chi connectivity index (χ0v) is 22.3. The standard InChI is InChI=1S/C26H31BrF3N5O/c1-15-18(8-7-9-20(15)26(28,29)30)16(2)32-23-19-14-35(25(12-13-31)10-5-4-6-11-25)24(36)21(27)22(19)33-17(3)34-23/h7-9,14,16H,4-6,10-13,31H2,1-3H3,(H,32,33,34)/t16-/m1/s1. The summed E-state index contributed by atoms with van der Waals surface area (Å²) in [4.78, 5) is 22.6. The first-order chi connectivity index (χ1) is 17.0. The molecule has 1 fully saturated rings. The third-order valence-electron chi connectivity index (χ3n) is 7.34. The molecule has 36 heavy (non-hydrogen) atoms. The maximum absolute atomic E-state index is 13.5. The van der Waals surface area contributed by atoms with E-state index < -0.39 is 17.8 Å². The highest BCUT2D eigenvalue weighted by Gasteiger charge is 2.36. The second kappa shape index (κ2) is 10.1. The van der Waals surface area contributed by atoms with Crippen LogP contribution in [0.4, 0.5) is 19.0 Å². The van der Waals surface area contributed by atoms with Crippen LogP contribution in [-0.2, 0) is 11.7 Å². The Bertz CT molecular complexity index is 1330. The van der Waals surface area contributed by atoms with E-state index in [0.717, 1.165) is 38.2 Å². The van der Waals surface area contributed by atoms with Crippen LogP contribution in [0.3, 0.4) is 0 Å². The fraction of sp³-hybridized carbons (Fsp3) is 0.500. The highest BCUT2D eigenvalue weighted by molar-refractivity contribution is 9.10. The molecule has 0 amide bonds. The van der Waals surface area contributed by atoms with Crippen molar-refractivity contribution in [1.29, 1.82) is 0 Å². The number of benzene rings is 1. The summed E-state index contributed by atoms with van der Waals surface area (Å²) in [6.07, 6.45) is 2.92. The fourth-order valence-electron chi connectivity index (χ4n) is 5.53. The molecule has 4 rings (SSSR count). The van der Waals surface area contributed by atoms with Gasteiger partial charge in [0.05, 0.1) is 22.5 Å². The number of alkyl halides is 3. The number of rotatable bonds is 6. The van der Waals surface area contributed by atoms with Crippen LogP contribution in [-0.4, -0.2) is 21.1 Å². The van der Waals surface area contributed by atoms with E-state index >= 15 is 0 Å². The largest absolute Gasteiger partial charge is 0.416 e. The van der Waals surface area contributed by atoms with Crippen LogP contribution in [0, 0.1) is 13.8 Å². The summed E-state index contributed by atoms with van der Waals surface area (Å²) in [5, 5.41) is 3.93. The normalized spacial score (nSPS) is 16.8. The number of nitrogens with two attached hydrogens (primary N) is 1. The van der Waals surface area contributed by atoms with E-state index in [2.05, 4.69) is 31.2 Å². The van der Waals surface area contributed by atoms with Crippen molar-refractivity contribution in [1.82, 2.24) is 14.5 Å². The fourth-order valence-corrected chi connectivity index (χ4v) is 6.02. The summed E-state index contributed by atoms with van der Waals surface area (Å²) in [5.41, 5.74) is 5.93. The molecule has 2 aromatic heterocycles. The Labute approximate surface area is 216 Å². The van der Waals surface area contributed by atoms with Crippen molar-refractivity contribution in [3.8, 4) is 0 Å². The Kier molecular flexibility index (Phi) is 7.48. The number of nitrogens with one attached hydrogen (secondary N) is 1. The van der Waals surface area contributed by atoms with Crippen molar-refractivity contribution in [2.24, 2.45) is 5.73 Å². The van der Waals surface area contributed by atoms with E-state index in [1.165, 1.54) is 13.0 Å². The summed E-state index contributed by atoms with van der Waals surface area (Å²) in [7, 11) is 0. The Balaban J connectivity index is 1.85. The molecule has 0 radical (unpaired) electrons. The van der Waals surface area contributed by atoms with E-state index in [1.54, 1.807) is 30.7 Å². The van der Waals surface area contributed by atoms with E-state index in [4.69, 9.17) is 5.73 Å². The van der Waals surface area contributed by atoms with Gasteiger partial charge < -0.3 is 15.6 Å². The van der Waals surface area contributed by atoms with Gasteiger partial charge >= 0.3 is 6.18 Å². The van der Waals surface area contributed by atoms with Gasteiger partial charge in [0, 0.05) is 11.7 Å². The third kappa shape index (κ3) is 4.89. The summed E-state index contributed by atoms with van der Waals surface area (Å²) >= 11 is 3.49. The minimum Gasteiger partial charge on any atom is -0.363 e. The highest BCUT2D eigenvalue weighted by atomic mass is 79.9. The molecule has 2 heterocycles. The third-order valence-corrected chi connectivity index (χ3v) is 8.05. The second-order valence-corrected chi connectivity index (χ2v) is 10.5. The van der Waals surface area contributed by atoms with Crippen molar-refractivity contribution in [2.75, 3.05) is 11.9 Å². The molecule has 0 bridgehead atoms. The van der Waals surface area contributed by atoms with Crippen molar-refractivity contribution < 1.29 is 13.2 Å². The first-order valence-electron chi connectivity index (χ1n) is 12.2. The second-order valence-electron chi connectivity index (χ2n) is 9.71. The first kappa shape index (κ1) is 26.6. The van der Waals surface area contributed by atoms with Gasteiger partial charge in [0.1, 0.15) is 16.1 Å². The molecule has 194 valence electrons. The maximum Gasteiger partial charge on any atom is 0.416 e. The zero-order valence-electron chi connectivity index (χ0n) is 20.7. The molecule has 0 spiro atoms. The van der Waals surface area contributed by atoms with Crippen molar-refractivity contribution in [3.05, 3.63) is 61.7 Å². The lowest BCUT2D eigenvalue weighted by atomic mass is 9.79. The Hall–Kier alpha value is -2.46. The van der Waals surface area contributed by atoms with Crippen LogP contribution in [0.25, 0.3) is 10.9 Å². The summed E-state index contributed by atoms with van der Waals surface area (Å²) < 4.78 is 42.6. The molecule has 0 aliphatic heterocycles. The topological polar surface area (TPSA) is 85.8 Å². The number of hydrogen-bond acceptors (Lipinski definition) is 5. The summed E-state index contributed by atoms with van der Waals surface area (Å²) in [6, 6.07) is 3.71. The monoisotopic (exact) mass is 565 g/mol. The van der Waals surface area contributed by atoms with Crippen LogP contribution in [0.5, 0.6) is 0 Å². The molecule has 1 aliphatic carbocycles. The van der Waals surface area contributed by atoms with Gasteiger partial charge in [-0.1, -0.05) is 31.4 Å². The number of pyridine rings is 1. The van der Waals surface area contributed by atoms with Gasteiger partial charge in [-0.2, -0.15) is 13.2 Å². The lowest BCUT2D eigenvalue weighted by Gasteiger charge is -2.39. The molecule has 3 aromatic rings. The van der Waals surface area contributed by atoms with Crippen LogP contribution in [0.15, 0.2) is 33.7 Å². The van der Waals surface area contributed by atoms with Crippen LogP contribution >= 0.6 is 15.9 Å². The average molecular weight is 566 g/mol. The number of anilines is 1. The molecule has 1 saturated carbocycles. The Morgan fingerprint density at radius 2 is 1.89 bits per heavy atom. The number of hydrogen-bond donors (Lipinski definition) is 2. The number of halogens is 4. The first-order valence-corrected chi connectivity index (χ1v) is 13.0. The average Bonchev–Trinajstić information content (AvgIpc) is 2.81. The summed E-state index contributed by atoms with van der Waals surface area (Å²) in [6.45, 7) is 5.46. The summed E-state index contributed by atoms with van der Waals surface area (Å²) in [5.74, 6) is 0.917. The smallest absolute Gasteiger partial charge is 0.363 e. The number of nitrogens with zero attached hydrogens (tertiary/aromatic N) is 3. The molecule has 3 N–H and O–H groups in total. The number of aryl methyl sites for hydroxylation is 1. The highest BCUT2D eigenvalue weighted by Crippen LogP contribution is 2.39. The van der Waals surface area contributed by atoms with Gasteiger partial charge in [-0.15, -0.1) is 0 Å². The Morgan fingerprint density at radius 3 is 2.53 bits per heavy atom. The zero-order chi connectivity index (χ0) is 26.3. The molecule has 6 nitrogen and oxygen atoms in total. The van der Waals surface area contributed by atoms with Gasteiger partial charge in [0.15, 0.2) is 0 Å². The maximum atomic E-state index is 13.5. The predicted octanol–water partition coefficient (Wildman–Crippen LogP) is 6.37. The van der Waals surface area contributed by atoms with Gasteiger partial charge in [-0.3, -0.25) is 4.79 Å². The minimum absolute atomic E-state index is 0.163. The predicted molar refractivity (Wildman–Crippen MR) is 139 cm³/mol. The van der Waals surface area contributed by atoms with Crippen LogP contribution < -0.4 is 16.6 Å². The molecular weight excluding hydrogens is 535 g/mol. The van der Waals surface area contributed by atoms with Gasteiger partial charge in [-0.05, 0) is 79.7 Å². The molecule has 0 saturated heterocycles. The lowest BCUT2D eigenvalue weighted by Crippen LogP contribution is -2.44. The molecule has 1 aromatic carbocycles. The quantitative estimate of drug-likeness (QED) is 0.362. The molecule has 1 aliphatic rings. The number of aromatic nitrogens is 3.